The molecule has 86 heavy (non-hydrogen) atoms. The first-order valence-electron chi connectivity index (χ1n) is 38.2. The maximum atomic E-state index is 13.6. The average molecular weight is 1240 g/mol. The third-order valence-corrected chi connectivity index (χ3v) is 18.6. The standard InChI is InChI=1S/C76H149N2O7P/c1-7-10-13-16-19-22-25-28-30-32-34-36-37-38-39-40-41-43-45-47-49-51-54-57-60-63-66-69-76(80)85-74(67-64-61-58-55-52-27-24-21-18-15-12-9-3)73(72-84-86(81,82)83-71-70-78(4,5)6)77-75(79)68-65-62-59-56-53-50-48-46-44-42-35-33-31-29-26-23-20-17-14-11-8-2/h28,30,64,67,73-74H,7-27,29,31-63,65-66,68-72H2,1-6H3,(H-,77,79,81,82)/p+1/b30-28+,67-64+. The van der Waals surface area contributed by atoms with E-state index in [4.69, 9.17) is 13.8 Å². The molecule has 0 aromatic carbocycles. The van der Waals surface area contributed by atoms with E-state index < -0.39 is 20.0 Å². The lowest BCUT2D eigenvalue weighted by molar-refractivity contribution is -0.870. The number of carbonyl (C=O) groups is 2. The fourth-order valence-corrected chi connectivity index (χ4v) is 12.5. The number of unbranched alkanes of at least 4 members (excludes halogenated alkanes) is 53. The van der Waals surface area contributed by atoms with Crippen molar-refractivity contribution in [3.05, 3.63) is 24.3 Å². The van der Waals surface area contributed by atoms with E-state index in [9.17, 15) is 19.0 Å². The van der Waals surface area contributed by atoms with Crippen LogP contribution in [0.3, 0.4) is 0 Å². The molecule has 510 valence electrons. The molecule has 2 N–H and O–H groups in total. The van der Waals surface area contributed by atoms with Crippen molar-refractivity contribution in [1.29, 1.82) is 0 Å². The highest BCUT2D eigenvalue weighted by molar-refractivity contribution is 7.47. The van der Waals surface area contributed by atoms with Crippen LogP contribution in [0, 0.1) is 0 Å². The monoisotopic (exact) mass is 1230 g/mol. The van der Waals surface area contributed by atoms with Crippen molar-refractivity contribution < 1.29 is 37.3 Å². The molecule has 0 aliphatic carbocycles. The SMILES string of the molecule is CCCCCCCC/C=C/CCCCCCCCCCCCCCCCCCCC(=O)OC(/C=C/CCCCCCCCCCCC)C(COP(=O)(O)OCC[N+](C)(C)C)NC(=O)CCCCCCCCCCCCCCCCCCCCCCC. The van der Waals surface area contributed by atoms with Gasteiger partial charge in [0.15, 0.2) is 0 Å². The third kappa shape index (κ3) is 66.9. The summed E-state index contributed by atoms with van der Waals surface area (Å²) in [5.41, 5.74) is 0. The minimum atomic E-state index is -4.45. The zero-order valence-electron chi connectivity index (χ0n) is 58.6. The summed E-state index contributed by atoms with van der Waals surface area (Å²) in [7, 11) is 1.52. The van der Waals surface area contributed by atoms with Gasteiger partial charge in [-0.2, -0.15) is 0 Å². The molecule has 0 fully saturated rings. The van der Waals surface area contributed by atoms with Gasteiger partial charge in [0.1, 0.15) is 19.3 Å². The van der Waals surface area contributed by atoms with Gasteiger partial charge in [0.25, 0.3) is 0 Å². The van der Waals surface area contributed by atoms with Gasteiger partial charge in [-0.1, -0.05) is 354 Å². The van der Waals surface area contributed by atoms with Gasteiger partial charge < -0.3 is 19.4 Å². The Morgan fingerprint density at radius 1 is 0.395 bits per heavy atom. The number of likely N-dealkylation sites (N-methyl/N-ethyl adjacent to an activating group) is 1. The Morgan fingerprint density at radius 3 is 0.988 bits per heavy atom. The molecular weight excluding hydrogens is 1080 g/mol. The Bertz CT molecular complexity index is 1520. The van der Waals surface area contributed by atoms with Crippen LogP contribution in [-0.4, -0.2) is 74.3 Å². The molecule has 0 aliphatic rings. The molecule has 0 bridgehead atoms. The summed E-state index contributed by atoms with van der Waals surface area (Å²) in [6, 6.07) is -0.843. The van der Waals surface area contributed by atoms with Gasteiger partial charge in [-0.05, 0) is 57.4 Å². The topological polar surface area (TPSA) is 111 Å². The Balaban J connectivity index is 4.93. The summed E-state index contributed by atoms with van der Waals surface area (Å²) in [6.45, 7) is 7.09. The summed E-state index contributed by atoms with van der Waals surface area (Å²) in [4.78, 5) is 38.0. The maximum absolute atomic E-state index is 13.6. The molecule has 3 unspecified atom stereocenters. The van der Waals surface area contributed by atoms with Crippen LogP contribution in [-0.2, 0) is 27.9 Å². The number of quaternary nitrogens is 1. The van der Waals surface area contributed by atoms with Gasteiger partial charge in [0.2, 0.25) is 5.91 Å². The number of nitrogens with one attached hydrogen (secondary N) is 1. The van der Waals surface area contributed by atoms with Crippen LogP contribution in [0.5, 0.6) is 0 Å². The van der Waals surface area contributed by atoms with Crippen LogP contribution < -0.4 is 5.32 Å². The first kappa shape index (κ1) is 84.5. The van der Waals surface area contributed by atoms with Gasteiger partial charge >= 0.3 is 13.8 Å². The van der Waals surface area contributed by atoms with E-state index in [2.05, 4.69) is 44.3 Å². The number of allylic oxidation sites excluding steroid dienone is 3. The van der Waals surface area contributed by atoms with Gasteiger partial charge in [-0.3, -0.25) is 18.6 Å². The summed E-state index contributed by atoms with van der Waals surface area (Å²) in [5.74, 6) is -0.478. The first-order valence-corrected chi connectivity index (χ1v) is 39.7. The molecule has 0 heterocycles. The van der Waals surface area contributed by atoms with Gasteiger partial charge in [0, 0.05) is 12.8 Å². The van der Waals surface area contributed by atoms with Crippen LogP contribution in [0.15, 0.2) is 24.3 Å². The molecular formula is C76H150N2O7P+. The number of nitrogens with zero attached hydrogens (tertiary/aromatic N) is 1. The highest BCUT2D eigenvalue weighted by Gasteiger charge is 2.30. The van der Waals surface area contributed by atoms with Crippen molar-refractivity contribution in [1.82, 2.24) is 5.32 Å². The van der Waals surface area contributed by atoms with Crippen LogP contribution >= 0.6 is 7.82 Å². The number of carbonyl (C=O) groups excluding carboxylic acids is 2. The largest absolute Gasteiger partial charge is 0.472 e. The molecule has 0 saturated carbocycles. The molecule has 9 nitrogen and oxygen atoms in total. The smallest absolute Gasteiger partial charge is 0.456 e. The van der Waals surface area contributed by atoms with Crippen LogP contribution in [0.4, 0.5) is 0 Å². The van der Waals surface area contributed by atoms with Crippen molar-refractivity contribution in [2.24, 2.45) is 0 Å². The predicted molar refractivity (Wildman–Crippen MR) is 374 cm³/mol. The van der Waals surface area contributed by atoms with Crippen molar-refractivity contribution in [3.8, 4) is 0 Å². The number of amides is 1. The highest BCUT2D eigenvalue weighted by Crippen LogP contribution is 2.43. The van der Waals surface area contributed by atoms with Crippen molar-refractivity contribution in [2.45, 2.75) is 412 Å². The number of hydrogen-bond donors (Lipinski definition) is 2. The lowest BCUT2D eigenvalue weighted by Crippen LogP contribution is -2.47. The molecule has 0 aromatic rings. The third-order valence-electron chi connectivity index (χ3n) is 17.6. The minimum absolute atomic E-state index is 0.0451. The number of esters is 1. The summed E-state index contributed by atoms with van der Waals surface area (Å²) in [5, 5.41) is 3.08. The molecule has 0 spiro atoms. The first-order chi connectivity index (χ1) is 41.9. The predicted octanol–water partition coefficient (Wildman–Crippen LogP) is 24.4. The lowest BCUT2D eigenvalue weighted by atomic mass is 10.0. The second-order valence-corrected chi connectivity index (χ2v) is 29.0. The zero-order valence-corrected chi connectivity index (χ0v) is 59.5. The Morgan fingerprint density at radius 2 is 0.674 bits per heavy atom. The summed E-state index contributed by atoms with van der Waals surface area (Å²) < 4.78 is 30.9. The number of rotatable bonds is 71. The van der Waals surface area contributed by atoms with Gasteiger partial charge in [0.05, 0.1) is 33.8 Å². The second kappa shape index (κ2) is 66.4. The van der Waals surface area contributed by atoms with Gasteiger partial charge in [-0.25, -0.2) is 4.57 Å². The van der Waals surface area contributed by atoms with Gasteiger partial charge in [-0.15, -0.1) is 0 Å². The molecule has 3 atom stereocenters. The van der Waals surface area contributed by atoms with E-state index in [0.29, 0.717) is 23.9 Å². The highest BCUT2D eigenvalue weighted by atomic mass is 31.2. The Labute approximate surface area is 536 Å². The molecule has 0 aliphatic heterocycles. The van der Waals surface area contributed by atoms with Crippen LogP contribution in [0.1, 0.15) is 400 Å². The molecule has 1 amide bonds. The van der Waals surface area contributed by atoms with Crippen LogP contribution in [0.25, 0.3) is 0 Å². The van der Waals surface area contributed by atoms with Crippen molar-refractivity contribution >= 4 is 19.7 Å². The van der Waals surface area contributed by atoms with E-state index >= 15 is 0 Å². The van der Waals surface area contributed by atoms with Crippen molar-refractivity contribution in [3.63, 3.8) is 0 Å². The number of hydrogen-bond acceptors (Lipinski definition) is 6. The molecule has 10 heteroatoms. The Hall–Kier alpha value is -1.51. The Kier molecular flexibility index (Phi) is 65.2. The van der Waals surface area contributed by atoms with E-state index in [-0.39, 0.29) is 25.1 Å². The fourth-order valence-electron chi connectivity index (χ4n) is 11.8. The number of ether oxygens (including phenoxy) is 1. The quantitative estimate of drug-likeness (QED) is 0.0205. The summed E-state index contributed by atoms with van der Waals surface area (Å²) >= 11 is 0. The summed E-state index contributed by atoms with van der Waals surface area (Å²) in [6.07, 6.45) is 82.1. The van der Waals surface area contributed by atoms with E-state index in [1.54, 1.807) is 0 Å². The molecule has 0 rings (SSSR count). The molecule has 0 aromatic heterocycles. The van der Waals surface area contributed by atoms with E-state index in [1.807, 2.05) is 27.2 Å². The normalized spacial score (nSPS) is 13.5. The minimum Gasteiger partial charge on any atom is -0.456 e. The van der Waals surface area contributed by atoms with Crippen LogP contribution in [0.2, 0.25) is 0 Å². The second-order valence-electron chi connectivity index (χ2n) is 27.5. The van der Waals surface area contributed by atoms with E-state index in [1.165, 1.54) is 308 Å². The van der Waals surface area contributed by atoms with E-state index in [0.717, 1.165) is 57.8 Å². The van der Waals surface area contributed by atoms with Crippen molar-refractivity contribution in [2.75, 3.05) is 40.9 Å². The molecule has 0 radical (unpaired) electrons. The average Bonchev–Trinajstić information content (AvgIpc) is 3.65. The number of phosphoric acid groups is 1. The lowest BCUT2D eigenvalue weighted by Gasteiger charge is -2.27. The zero-order chi connectivity index (χ0) is 62.8. The maximum Gasteiger partial charge on any atom is 0.472 e. The fraction of sp³-hybridized carbons (Fsp3) is 0.921. The number of phosphoric ester groups is 1. The molecule has 0 saturated heterocycles.